The molecule has 1 atom stereocenters. The molecule has 0 spiro atoms. The Kier molecular flexibility index (Phi) is 9.05. The van der Waals surface area contributed by atoms with Crippen LogP contribution in [0.5, 0.6) is 17.2 Å². The van der Waals surface area contributed by atoms with Gasteiger partial charge in [0.15, 0.2) is 5.69 Å². The highest BCUT2D eigenvalue weighted by Gasteiger charge is 2.37. The Morgan fingerprint density at radius 1 is 0.927 bits per heavy atom. The lowest BCUT2D eigenvalue weighted by atomic mass is 10.0. The number of nitrogens with two attached hydrogens (primary N) is 2. The first-order chi connectivity index (χ1) is 19.8. The molecule has 1 aromatic heterocycles. The smallest absolute Gasteiger partial charge is 0.273 e. The van der Waals surface area contributed by atoms with Crippen LogP contribution in [0.25, 0.3) is 0 Å². The molecule has 0 bridgehead atoms. The van der Waals surface area contributed by atoms with Crippen LogP contribution in [0.2, 0.25) is 0 Å². The average Bonchev–Trinajstić information content (AvgIpc) is 3.40. The lowest BCUT2D eigenvalue weighted by Crippen LogP contribution is -2.44. The molecular weight excluding hydrogens is 546 g/mol. The molecule has 12 heteroatoms. The summed E-state index contributed by atoms with van der Waals surface area (Å²) in [5.74, 6) is -0.814. The Bertz CT molecular complexity index is 1540. The van der Waals surface area contributed by atoms with E-state index in [1.54, 1.807) is 42.5 Å². The number of nitrogens with one attached hydrogen (secondary N) is 1. The first kappa shape index (κ1) is 28.9. The third-order valence-corrected chi connectivity index (χ3v) is 7.12. The van der Waals surface area contributed by atoms with Crippen molar-refractivity contribution >= 4 is 40.6 Å². The third-order valence-electron chi connectivity index (χ3n) is 6.27. The van der Waals surface area contributed by atoms with Gasteiger partial charge in [0, 0.05) is 12.6 Å². The van der Waals surface area contributed by atoms with E-state index < -0.39 is 23.8 Å². The lowest BCUT2D eigenvalue weighted by Gasteiger charge is -2.32. The van der Waals surface area contributed by atoms with Crippen molar-refractivity contribution in [1.82, 2.24) is 9.69 Å². The number of rotatable bonds is 11. The largest absolute Gasteiger partial charge is 0.497 e. The van der Waals surface area contributed by atoms with E-state index in [4.69, 9.17) is 25.7 Å². The van der Waals surface area contributed by atoms with Gasteiger partial charge in [0.05, 0.1) is 32.7 Å². The minimum atomic E-state index is -1.23. The average molecular weight is 576 g/mol. The van der Waals surface area contributed by atoms with Gasteiger partial charge in [0.1, 0.15) is 28.2 Å². The van der Waals surface area contributed by atoms with Crippen LogP contribution in [0.1, 0.15) is 37.3 Å². The Hall–Kier alpha value is -5.10. The van der Waals surface area contributed by atoms with Crippen LogP contribution in [0.15, 0.2) is 72.8 Å². The molecule has 3 amide bonds. The highest BCUT2D eigenvalue weighted by atomic mass is 32.1. The Labute approximate surface area is 240 Å². The molecule has 0 saturated heterocycles. The normalized spacial score (nSPS) is 11.3. The quantitative estimate of drug-likeness (QED) is 0.245. The highest BCUT2D eigenvalue weighted by molar-refractivity contribution is 7.09. The first-order valence-corrected chi connectivity index (χ1v) is 13.1. The molecule has 212 valence electrons. The number of primary amides is 1. The van der Waals surface area contributed by atoms with Crippen LogP contribution < -0.4 is 35.9 Å². The fraction of sp³-hybridized carbons (Fsp3) is 0.172. The molecule has 4 rings (SSSR count). The molecule has 3 aromatic carbocycles. The summed E-state index contributed by atoms with van der Waals surface area (Å²) < 4.78 is 20.3. The molecule has 0 unspecified atom stereocenters. The molecule has 5 N–H and O–H groups in total. The first-order valence-electron chi connectivity index (χ1n) is 12.3. The lowest BCUT2D eigenvalue weighted by molar-refractivity contribution is -0.122. The van der Waals surface area contributed by atoms with Crippen LogP contribution in [-0.2, 0) is 11.3 Å². The molecule has 0 aliphatic heterocycles. The van der Waals surface area contributed by atoms with Gasteiger partial charge in [-0.15, -0.1) is 0 Å². The topological polar surface area (TPSA) is 159 Å². The summed E-state index contributed by atoms with van der Waals surface area (Å²) in [5.41, 5.74) is 12.7. The number of hydrogen-bond donors (Lipinski definition) is 3. The number of ether oxygens (including phenoxy) is 3. The van der Waals surface area contributed by atoms with E-state index in [-0.39, 0.29) is 34.2 Å². The Morgan fingerprint density at radius 2 is 1.59 bits per heavy atom. The molecule has 0 saturated carbocycles. The van der Waals surface area contributed by atoms with E-state index in [9.17, 15) is 14.4 Å². The fourth-order valence-electron chi connectivity index (χ4n) is 4.17. The number of anilines is 2. The second-order valence-corrected chi connectivity index (χ2v) is 9.50. The van der Waals surface area contributed by atoms with E-state index in [0.717, 1.165) is 5.56 Å². The molecule has 0 radical (unpaired) electrons. The Morgan fingerprint density at radius 3 is 2.17 bits per heavy atom. The van der Waals surface area contributed by atoms with Gasteiger partial charge in [-0.05, 0) is 46.9 Å². The van der Waals surface area contributed by atoms with Gasteiger partial charge in [-0.1, -0.05) is 42.5 Å². The second kappa shape index (κ2) is 12.8. The van der Waals surface area contributed by atoms with Gasteiger partial charge in [-0.25, -0.2) is 0 Å². The number of nitrogens with zero attached hydrogens (tertiary/aromatic N) is 2. The predicted molar refractivity (Wildman–Crippen MR) is 155 cm³/mol. The molecule has 0 aliphatic rings. The van der Waals surface area contributed by atoms with Crippen LogP contribution in [-0.4, -0.2) is 43.4 Å². The summed E-state index contributed by atoms with van der Waals surface area (Å²) in [4.78, 5) is 41.4. The van der Waals surface area contributed by atoms with E-state index >= 15 is 0 Å². The van der Waals surface area contributed by atoms with Crippen molar-refractivity contribution in [3.05, 3.63) is 94.5 Å². The summed E-state index contributed by atoms with van der Waals surface area (Å²) >= 11 is 0.709. The van der Waals surface area contributed by atoms with Gasteiger partial charge in [0.2, 0.25) is 5.91 Å². The molecule has 11 nitrogen and oxygen atoms in total. The standard InChI is InChI=1S/C29H29N5O6S/c1-38-19-11-9-18(10-12-19)25(28(36)32-16-17-7-5-4-6-8-17)34(21-15-20(39-2)13-14-22(21)40-3)29(37)26-23(30)24(27(31)35)33-41-26/h4-15,25H,16,30H2,1-3H3,(H2,31,35)(H,32,36)/t25-/m0/s1. The van der Waals surface area contributed by atoms with Gasteiger partial charge in [0.25, 0.3) is 11.8 Å². The van der Waals surface area contributed by atoms with Crippen LogP contribution in [0, 0.1) is 0 Å². The zero-order chi connectivity index (χ0) is 29.5. The number of carbonyl (C=O) groups is 3. The summed E-state index contributed by atoms with van der Waals surface area (Å²) in [7, 11) is 4.45. The van der Waals surface area contributed by atoms with Gasteiger partial charge < -0.3 is 31.0 Å². The van der Waals surface area contributed by atoms with E-state index in [0.29, 0.717) is 28.6 Å². The van der Waals surface area contributed by atoms with Crippen molar-refractivity contribution < 1.29 is 28.6 Å². The maximum Gasteiger partial charge on any atom is 0.273 e. The summed E-state index contributed by atoms with van der Waals surface area (Å²) in [6, 6.07) is 19.7. The van der Waals surface area contributed by atoms with E-state index in [1.165, 1.54) is 26.2 Å². The number of aromatic nitrogens is 1. The molecule has 0 fully saturated rings. The maximum absolute atomic E-state index is 14.3. The van der Waals surface area contributed by atoms with E-state index in [1.807, 2.05) is 30.3 Å². The second-order valence-electron chi connectivity index (χ2n) is 8.73. The summed E-state index contributed by atoms with van der Waals surface area (Å²) in [6.07, 6.45) is 0. The number of nitrogen functional groups attached to an aromatic ring is 1. The van der Waals surface area contributed by atoms with Crippen molar-refractivity contribution in [2.24, 2.45) is 5.73 Å². The fourth-order valence-corrected chi connectivity index (χ4v) is 4.92. The number of methoxy groups -OCH3 is 3. The zero-order valence-electron chi connectivity index (χ0n) is 22.6. The predicted octanol–water partition coefficient (Wildman–Crippen LogP) is 3.55. The SMILES string of the molecule is COc1ccc([C@@H](C(=O)NCc2ccccc2)N(C(=O)c2snc(C(N)=O)c2N)c2cc(OC)ccc2OC)cc1. The van der Waals surface area contributed by atoms with Gasteiger partial charge >= 0.3 is 0 Å². The van der Waals surface area contributed by atoms with Crippen molar-refractivity contribution in [2.45, 2.75) is 12.6 Å². The molecule has 41 heavy (non-hydrogen) atoms. The van der Waals surface area contributed by atoms with Crippen molar-refractivity contribution in [3.8, 4) is 17.2 Å². The molecule has 4 aromatic rings. The summed E-state index contributed by atoms with van der Waals surface area (Å²) in [6.45, 7) is 0.206. The minimum Gasteiger partial charge on any atom is -0.497 e. The third kappa shape index (κ3) is 6.23. The maximum atomic E-state index is 14.3. The van der Waals surface area contributed by atoms with Gasteiger partial charge in [-0.3, -0.25) is 19.3 Å². The number of hydrogen-bond acceptors (Lipinski definition) is 9. The monoisotopic (exact) mass is 575 g/mol. The number of carbonyl (C=O) groups excluding carboxylic acids is 3. The Balaban J connectivity index is 1.91. The number of amides is 3. The molecule has 1 heterocycles. The number of benzene rings is 3. The highest BCUT2D eigenvalue weighted by Crippen LogP contribution is 2.40. The van der Waals surface area contributed by atoms with Gasteiger partial charge in [-0.2, -0.15) is 4.37 Å². The molecule has 0 aliphatic carbocycles. The zero-order valence-corrected chi connectivity index (χ0v) is 23.4. The van der Waals surface area contributed by atoms with E-state index in [2.05, 4.69) is 9.69 Å². The van der Waals surface area contributed by atoms with Crippen LogP contribution >= 0.6 is 11.5 Å². The minimum absolute atomic E-state index is 0.0713. The van der Waals surface area contributed by atoms with Crippen molar-refractivity contribution in [3.63, 3.8) is 0 Å². The van der Waals surface area contributed by atoms with Crippen LogP contribution in [0.4, 0.5) is 11.4 Å². The molecular formula is C29H29N5O6S. The summed E-state index contributed by atoms with van der Waals surface area (Å²) in [5, 5.41) is 2.93. The van der Waals surface area contributed by atoms with Crippen molar-refractivity contribution in [2.75, 3.05) is 32.0 Å². The van der Waals surface area contributed by atoms with Crippen LogP contribution in [0.3, 0.4) is 0 Å². The van der Waals surface area contributed by atoms with Crippen molar-refractivity contribution in [1.29, 1.82) is 0 Å².